The molecule has 2 aromatic rings. The summed E-state index contributed by atoms with van der Waals surface area (Å²) in [6, 6.07) is 12.4. The molecule has 0 spiro atoms. The SMILES string of the molecule is CN(C(=O)CSc1ccccc1C(=O)N1CCCc2ccc(F)cc21)C1CCCCC1. The Kier molecular flexibility index (Phi) is 6.96. The van der Waals surface area contributed by atoms with Crippen molar-refractivity contribution in [1.29, 1.82) is 0 Å². The second-order valence-electron chi connectivity index (χ2n) is 8.41. The third-order valence-electron chi connectivity index (χ3n) is 6.40. The lowest BCUT2D eigenvalue weighted by atomic mass is 9.94. The Morgan fingerprint density at radius 3 is 2.68 bits per heavy atom. The zero-order valence-electron chi connectivity index (χ0n) is 18.0. The van der Waals surface area contributed by atoms with Gasteiger partial charge in [-0.05, 0) is 55.5 Å². The van der Waals surface area contributed by atoms with Crippen molar-refractivity contribution in [1.82, 2.24) is 4.90 Å². The van der Waals surface area contributed by atoms with Crippen molar-refractivity contribution < 1.29 is 14.0 Å². The van der Waals surface area contributed by atoms with Crippen LogP contribution in [0.3, 0.4) is 0 Å². The molecule has 4 rings (SSSR count). The lowest BCUT2D eigenvalue weighted by molar-refractivity contribution is -0.129. The van der Waals surface area contributed by atoms with Crippen LogP contribution in [0.15, 0.2) is 47.4 Å². The molecule has 0 bridgehead atoms. The Hall–Kier alpha value is -2.34. The molecule has 2 aromatic carbocycles. The Morgan fingerprint density at radius 2 is 1.87 bits per heavy atom. The number of benzene rings is 2. The number of nitrogens with zero attached hydrogens (tertiary/aromatic N) is 2. The summed E-state index contributed by atoms with van der Waals surface area (Å²) in [5.74, 6) is -0.0626. The van der Waals surface area contributed by atoms with Gasteiger partial charge in [-0.25, -0.2) is 4.39 Å². The number of anilines is 1. The number of carbonyl (C=O) groups is 2. The number of hydrogen-bond acceptors (Lipinski definition) is 3. The van der Waals surface area contributed by atoms with Crippen molar-refractivity contribution >= 4 is 29.3 Å². The van der Waals surface area contributed by atoms with Gasteiger partial charge in [0.15, 0.2) is 0 Å². The van der Waals surface area contributed by atoms with Crippen LogP contribution in [-0.2, 0) is 11.2 Å². The molecule has 0 atom stereocenters. The summed E-state index contributed by atoms with van der Waals surface area (Å²) in [7, 11) is 1.90. The molecule has 2 aliphatic rings. The van der Waals surface area contributed by atoms with Crippen molar-refractivity contribution in [3.8, 4) is 0 Å². The molecule has 0 radical (unpaired) electrons. The second kappa shape index (κ2) is 9.86. The van der Waals surface area contributed by atoms with Gasteiger partial charge in [-0.3, -0.25) is 9.59 Å². The van der Waals surface area contributed by atoms with E-state index < -0.39 is 0 Å². The average molecular weight is 441 g/mol. The molecule has 1 saturated carbocycles. The van der Waals surface area contributed by atoms with Gasteiger partial charge in [0.2, 0.25) is 5.91 Å². The van der Waals surface area contributed by atoms with Gasteiger partial charge in [0, 0.05) is 24.5 Å². The highest BCUT2D eigenvalue weighted by atomic mass is 32.2. The highest BCUT2D eigenvalue weighted by molar-refractivity contribution is 8.00. The van der Waals surface area contributed by atoms with E-state index in [0.717, 1.165) is 36.1 Å². The predicted octanol–water partition coefficient (Wildman–Crippen LogP) is 5.30. The summed E-state index contributed by atoms with van der Waals surface area (Å²) >= 11 is 1.41. The molecule has 1 aliphatic heterocycles. The zero-order valence-corrected chi connectivity index (χ0v) is 18.8. The van der Waals surface area contributed by atoms with Crippen LogP contribution in [0.1, 0.15) is 54.4 Å². The van der Waals surface area contributed by atoms with E-state index in [1.807, 2.05) is 30.1 Å². The molecule has 31 heavy (non-hydrogen) atoms. The van der Waals surface area contributed by atoms with Gasteiger partial charge in [-0.1, -0.05) is 37.5 Å². The number of carbonyl (C=O) groups excluding carboxylic acids is 2. The number of rotatable bonds is 5. The van der Waals surface area contributed by atoms with Gasteiger partial charge in [0.1, 0.15) is 5.82 Å². The maximum Gasteiger partial charge on any atom is 0.259 e. The van der Waals surface area contributed by atoms with Crippen molar-refractivity contribution in [3.05, 3.63) is 59.4 Å². The third-order valence-corrected chi connectivity index (χ3v) is 7.45. The quantitative estimate of drug-likeness (QED) is 0.592. The van der Waals surface area contributed by atoms with E-state index in [9.17, 15) is 14.0 Å². The van der Waals surface area contributed by atoms with Gasteiger partial charge < -0.3 is 9.80 Å². The van der Waals surface area contributed by atoms with Crippen LogP contribution in [0.5, 0.6) is 0 Å². The highest BCUT2D eigenvalue weighted by Gasteiger charge is 2.27. The van der Waals surface area contributed by atoms with Crippen LogP contribution < -0.4 is 4.90 Å². The third kappa shape index (κ3) is 4.95. The number of thioether (sulfide) groups is 1. The van der Waals surface area contributed by atoms with Crippen molar-refractivity contribution in [2.24, 2.45) is 0 Å². The van der Waals surface area contributed by atoms with Gasteiger partial charge in [0.05, 0.1) is 17.0 Å². The number of halogens is 1. The number of aryl methyl sites for hydroxylation is 1. The first-order valence-corrected chi connectivity index (χ1v) is 12.1. The van der Waals surface area contributed by atoms with E-state index in [1.54, 1.807) is 17.0 Å². The molecule has 1 heterocycles. The molecular weight excluding hydrogens is 411 g/mol. The number of hydrogen-bond donors (Lipinski definition) is 0. The topological polar surface area (TPSA) is 40.6 Å². The smallest absolute Gasteiger partial charge is 0.259 e. The maximum atomic E-state index is 13.9. The monoisotopic (exact) mass is 440 g/mol. The van der Waals surface area contributed by atoms with Crippen molar-refractivity contribution in [3.63, 3.8) is 0 Å². The van der Waals surface area contributed by atoms with E-state index in [0.29, 0.717) is 29.6 Å². The zero-order chi connectivity index (χ0) is 21.8. The molecule has 1 fully saturated rings. The summed E-state index contributed by atoms with van der Waals surface area (Å²) in [6.07, 6.45) is 7.48. The van der Waals surface area contributed by atoms with E-state index >= 15 is 0 Å². The van der Waals surface area contributed by atoms with Crippen LogP contribution in [0.25, 0.3) is 0 Å². The largest absolute Gasteiger partial charge is 0.342 e. The van der Waals surface area contributed by atoms with Gasteiger partial charge in [0.25, 0.3) is 5.91 Å². The van der Waals surface area contributed by atoms with Gasteiger partial charge >= 0.3 is 0 Å². The van der Waals surface area contributed by atoms with Crippen LogP contribution in [0, 0.1) is 5.82 Å². The fourth-order valence-electron chi connectivity index (χ4n) is 4.59. The van der Waals surface area contributed by atoms with Crippen molar-refractivity contribution in [2.45, 2.75) is 55.9 Å². The minimum atomic E-state index is -0.336. The lowest BCUT2D eigenvalue weighted by Gasteiger charge is -2.31. The van der Waals surface area contributed by atoms with Crippen molar-refractivity contribution in [2.75, 3.05) is 24.2 Å². The summed E-state index contributed by atoms with van der Waals surface area (Å²) in [5.41, 5.74) is 2.22. The average Bonchev–Trinajstić information content (AvgIpc) is 2.82. The fraction of sp³-hybridized carbons (Fsp3) is 0.440. The molecular formula is C25H29FN2O2S. The summed E-state index contributed by atoms with van der Waals surface area (Å²) in [6.45, 7) is 0.567. The molecule has 0 aromatic heterocycles. The number of amides is 2. The van der Waals surface area contributed by atoms with Crippen LogP contribution >= 0.6 is 11.8 Å². The van der Waals surface area contributed by atoms with Crippen LogP contribution in [-0.4, -0.2) is 42.1 Å². The van der Waals surface area contributed by atoms with Crippen LogP contribution in [0.4, 0.5) is 10.1 Å². The predicted molar refractivity (Wildman–Crippen MR) is 123 cm³/mol. The summed E-state index contributed by atoms with van der Waals surface area (Å²) in [4.78, 5) is 30.5. The molecule has 2 amide bonds. The minimum Gasteiger partial charge on any atom is -0.342 e. The van der Waals surface area contributed by atoms with E-state index in [4.69, 9.17) is 0 Å². The Bertz CT molecular complexity index is 958. The first kappa shape index (κ1) is 21.9. The normalized spacial score (nSPS) is 16.6. The van der Waals surface area contributed by atoms with E-state index in [1.165, 1.54) is 43.2 Å². The minimum absolute atomic E-state index is 0.101. The Labute approximate surface area is 187 Å². The lowest BCUT2D eigenvalue weighted by Crippen LogP contribution is -2.39. The molecule has 1 aliphatic carbocycles. The Balaban J connectivity index is 1.48. The second-order valence-corrected chi connectivity index (χ2v) is 9.43. The molecule has 0 saturated heterocycles. The van der Waals surface area contributed by atoms with E-state index in [2.05, 4.69) is 0 Å². The van der Waals surface area contributed by atoms with Gasteiger partial charge in [-0.2, -0.15) is 0 Å². The van der Waals surface area contributed by atoms with E-state index in [-0.39, 0.29) is 17.6 Å². The van der Waals surface area contributed by atoms with Crippen LogP contribution in [0.2, 0.25) is 0 Å². The maximum absolute atomic E-state index is 13.9. The highest BCUT2D eigenvalue weighted by Crippen LogP contribution is 2.32. The number of fused-ring (bicyclic) bond motifs is 1. The Morgan fingerprint density at radius 1 is 1.10 bits per heavy atom. The fourth-order valence-corrected chi connectivity index (χ4v) is 5.55. The van der Waals surface area contributed by atoms with Gasteiger partial charge in [-0.15, -0.1) is 11.8 Å². The first-order valence-electron chi connectivity index (χ1n) is 11.1. The summed E-state index contributed by atoms with van der Waals surface area (Å²) in [5, 5.41) is 0. The summed E-state index contributed by atoms with van der Waals surface area (Å²) < 4.78 is 13.9. The standard InChI is InChI=1S/C25H29FN2O2S/c1-27(20-9-3-2-4-10-20)24(29)17-31-23-12-6-5-11-21(23)25(30)28-15-7-8-18-13-14-19(26)16-22(18)28/h5-6,11-14,16,20H,2-4,7-10,15,17H2,1H3. The molecule has 0 unspecified atom stereocenters. The first-order chi connectivity index (χ1) is 15.0. The molecule has 164 valence electrons. The molecule has 0 N–H and O–H groups in total. The molecule has 6 heteroatoms. The molecule has 4 nitrogen and oxygen atoms in total.